The molecule has 4 nitrogen and oxygen atoms in total. The SMILES string of the molecule is CCOC(=O)c1cc(Cl)c(SC)c(-c2cc(C)no2)c1C. The fourth-order valence-corrected chi connectivity index (χ4v) is 3.27. The number of aromatic nitrogens is 1. The molecule has 0 amide bonds. The molecule has 6 heteroatoms. The van der Waals surface area contributed by atoms with Crippen LogP contribution in [0.5, 0.6) is 0 Å². The van der Waals surface area contributed by atoms with Gasteiger partial charge in [-0.25, -0.2) is 4.79 Å². The summed E-state index contributed by atoms with van der Waals surface area (Å²) in [6.45, 7) is 5.79. The van der Waals surface area contributed by atoms with Crippen molar-refractivity contribution in [3.63, 3.8) is 0 Å². The maximum Gasteiger partial charge on any atom is 0.338 e. The van der Waals surface area contributed by atoms with Gasteiger partial charge in [-0.1, -0.05) is 16.8 Å². The molecular weight excluding hydrogens is 310 g/mol. The largest absolute Gasteiger partial charge is 0.462 e. The molecule has 1 aromatic carbocycles. The van der Waals surface area contributed by atoms with Gasteiger partial charge in [0.1, 0.15) is 0 Å². The smallest absolute Gasteiger partial charge is 0.338 e. The fraction of sp³-hybridized carbons (Fsp3) is 0.333. The number of thioether (sulfide) groups is 1. The number of carbonyl (C=O) groups excluding carboxylic acids is 1. The Bertz CT molecular complexity index is 682. The van der Waals surface area contributed by atoms with E-state index in [2.05, 4.69) is 5.16 Å². The lowest BCUT2D eigenvalue weighted by atomic mass is 10.00. The summed E-state index contributed by atoms with van der Waals surface area (Å²) in [6.07, 6.45) is 1.93. The first-order valence-electron chi connectivity index (χ1n) is 6.47. The number of benzene rings is 1. The highest BCUT2D eigenvalue weighted by Gasteiger charge is 2.22. The number of hydrogen-bond donors (Lipinski definition) is 0. The van der Waals surface area contributed by atoms with Crippen LogP contribution in [0.2, 0.25) is 5.02 Å². The van der Waals surface area contributed by atoms with Crippen LogP contribution in [0.25, 0.3) is 11.3 Å². The number of carbonyl (C=O) groups is 1. The summed E-state index contributed by atoms with van der Waals surface area (Å²) in [5, 5.41) is 4.41. The molecule has 2 aromatic rings. The predicted molar refractivity (Wildman–Crippen MR) is 84.2 cm³/mol. The molecule has 1 aromatic heterocycles. The molecule has 0 saturated heterocycles. The molecule has 0 aliphatic rings. The lowest BCUT2D eigenvalue weighted by Gasteiger charge is -2.14. The van der Waals surface area contributed by atoms with Crippen LogP contribution in [0.3, 0.4) is 0 Å². The van der Waals surface area contributed by atoms with Crippen LogP contribution in [0.4, 0.5) is 0 Å². The summed E-state index contributed by atoms with van der Waals surface area (Å²) in [7, 11) is 0. The van der Waals surface area contributed by atoms with Gasteiger partial charge in [0.15, 0.2) is 5.76 Å². The second kappa shape index (κ2) is 6.54. The molecule has 0 N–H and O–H groups in total. The monoisotopic (exact) mass is 325 g/mol. The minimum Gasteiger partial charge on any atom is -0.462 e. The molecule has 112 valence electrons. The van der Waals surface area contributed by atoms with E-state index in [1.165, 1.54) is 11.8 Å². The molecule has 0 radical (unpaired) electrons. The number of halogens is 1. The molecule has 0 saturated carbocycles. The Morgan fingerprint density at radius 3 is 2.67 bits per heavy atom. The normalized spacial score (nSPS) is 10.7. The number of esters is 1. The van der Waals surface area contributed by atoms with Gasteiger partial charge in [-0.15, -0.1) is 11.8 Å². The molecule has 21 heavy (non-hydrogen) atoms. The Kier molecular flexibility index (Phi) is 4.96. The van der Waals surface area contributed by atoms with Crippen LogP contribution >= 0.6 is 23.4 Å². The van der Waals surface area contributed by atoms with Gasteiger partial charge in [-0.2, -0.15) is 0 Å². The van der Waals surface area contributed by atoms with E-state index in [0.29, 0.717) is 23.0 Å². The topological polar surface area (TPSA) is 52.3 Å². The molecule has 1 heterocycles. The van der Waals surface area contributed by atoms with Crippen molar-refractivity contribution < 1.29 is 14.1 Å². The number of hydrogen-bond acceptors (Lipinski definition) is 5. The Balaban J connectivity index is 2.68. The summed E-state index contributed by atoms with van der Waals surface area (Å²) in [5.74, 6) is 0.212. The second-order valence-corrected chi connectivity index (χ2v) is 5.72. The van der Waals surface area contributed by atoms with Crippen molar-refractivity contribution in [3.8, 4) is 11.3 Å². The minimum atomic E-state index is -0.387. The molecule has 0 fully saturated rings. The molecular formula is C15H16ClNO3S. The first-order chi connectivity index (χ1) is 9.99. The fourth-order valence-electron chi connectivity index (χ4n) is 2.12. The summed E-state index contributed by atoms with van der Waals surface area (Å²) < 4.78 is 10.4. The van der Waals surface area contributed by atoms with Gasteiger partial charge >= 0.3 is 5.97 Å². The van der Waals surface area contributed by atoms with Gasteiger partial charge in [-0.3, -0.25) is 0 Å². The van der Waals surface area contributed by atoms with E-state index >= 15 is 0 Å². The van der Waals surface area contributed by atoms with Crippen molar-refractivity contribution in [3.05, 3.63) is 34.0 Å². The minimum absolute atomic E-state index is 0.316. The zero-order valence-electron chi connectivity index (χ0n) is 12.3. The van der Waals surface area contributed by atoms with Crippen LogP contribution in [0.1, 0.15) is 28.5 Å². The summed E-state index contributed by atoms with van der Waals surface area (Å²) in [5.41, 5.74) is 2.79. The third-order valence-corrected chi connectivity index (χ3v) is 4.31. The zero-order valence-corrected chi connectivity index (χ0v) is 13.9. The van der Waals surface area contributed by atoms with Crippen LogP contribution in [0.15, 0.2) is 21.6 Å². The Hall–Kier alpha value is -1.46. The lowest BCUT2D eigenvalue weighted by Crippen LogP contribution is -2.08. The van der Waals surface area contributed by atoms with Crippen LogP contribution in [-0.4, -0.2) is 24.0 Å². The average molecular weight is 326 g/mol. The number of nitrogens with zero attached hydrogens (tertiary/aromatic N) is 1. The molecule has 0 aliphatic heterocycles. The van der Waals surface area contributed by atoms with E-state index in [-0.39, 0.29) is 5.97 Å². The summed E-state index contributed by atoms with van der Waals surface area (Å²) in [6, 6.07) is 3.47. The third kappa shape index (κ3) is 3.09. The summed E-state index contributed by atoms with van der Waals surface area (Å²) >= 11 is 7.82. The molecule has 0 bridgehead atoms. The van der Waals surface area contributed by atoms with E-state index in [1.54, 1.807) is 13.0 Å². The Morgan fingerprint density at radius 2 is 2.14 bits per heavy atom. The number of aryl methyl sites for hydroxylation is 1. The summed E-state index contributed by atoms with van der Waals surface area (Å²) in [4.78, 5) is 12.9. The lowest BCUT2D eigenvalue weighted by molar-refractivity contribution is 0.0525. The first kappa shape index (κ1) is 15.9. The van der Waals surface area contributed by atoms with E-state index < -0.39 is 0 Å². The maximum absolute atomic E-state index is 12.1. The molecule has 0 atom stereocenters. The van der Waals surface area contributed by atoms with Gasteiger partial charge < -0.3 is 9.26 Å². The van der Waals surface area contributed by atoms with Gasteiger partial charge in [-0.05, 0) is 38.7 Å². The average Bonchev–Trinajstić information content (AvgIpc) is 2.86. The maximum atomic E-state index is 12.1. The van der Waals surface area contributed by atoms with E-state index in [4.69, 9.17) is 20.9 Å². The van der Waals surface area contributed by atoms with Crippen molar-refractivity contribution in [2.45, 2.75) is 25.7 Å². The van der Waals surface area contributed by atoms with Crippen molar-refractivity contribution in [2.75, 3.05) is 12.9 Å². The Labute approximate surface area is 132 Å². The van der Waals surface area contributed by atoms with E-state index in [9.17, 15) is 4.79 Å². The first-order valence-corrected chi connectivity index (χ1v) is 8.07. The zero-order chi connectivity index (χ0) is 15.6. The van der Waals surface area contributed by atoms with Crippen LogP contribution in [-0.2, 0) is 4.74 Å². The van der Waals surface area contributed by atoms with Gasteiger partial charge in [0.05, 0.1) is 22.9 Å². The van der Waals surface area contributed by atoms with Gasteiger partial charge in [0.2, 0.25) is 0 Å². The van der Waals surface area contributed by atoms with Gasteiger partial charge in [0, 0.05) is 16.5 Å². The van der Waals surface area contributed by atoms with Crippen molar-refractivity contribution >= 4 is 29.3 Å². The van der Waals surface area contributed by atoms with Crippen molar-refractivity contribution in [1.82, 2.24) is 5.16 Å². The standard InChI is InChI=1S/C15H16ClNO3S/c1-5-19-15(18)10-7-11(16)14(21-4)13(9(10)3)12-6-8(2)17-20-12/h6-7H,5H2,1-4H3. The quantitative estimate of drug-likeness (QED) is 0.611. The number of ether oxygens (including phenoxy) is 1. The Morgan fingerprint density at radius 1 is 1.43 bits per heavy atom. The van der Waals surface area contributed by atoms with Crippen LogP contribution in [0, 0.1) is 13.8 Å². The second-order valence-electron chi connectivity index (χ2n) is 4.49. The van der Waals surface area contributed by atoms with E-state index in [1.807, 2.05) is 26.2 Å². The van der Waals surface area contributed by atoms with E-state index in [0.717, 1.165) is 21.7 Å². The van der Waals surface area contributed by atoms with Crippen LogP contribution < -0.4 is 0 Å². The van der Waals surface area contributed by atoms with Crippen molar-refractivity contribution in [2.24, 2.45) is 0 Å². The predicted octanol–water partition coefficient (Wildman–Crippen LogP) is 4.51. The highest BCUT2D eigenvalue weighted by molar-refractivity contribution is 7.98. The third-order valence-electron chi connectivity index (χ3n) is 3.07. The molecule has 0 spiro atoms. The molecule has 0 unspecified atom stereocenters. The highest BCUT2D eigenvalue weighted by atomic mass is 35.5. The van der Waals surface area contributed by atoms with Gasteiger partial charge in [0.25, 0.3) is 0 Å². The molecule has 0 aliphatic carbocycles. The highest BCUT2D eigenvalue weighted by Crippen LogP contribution is 2.40. The van der Waals surface area contributed by atoms with Crippen molar-refractivity contribution in [1.29, 1.82) is 0 Å². The number of rotatable bonds is 4. The molecule has 2 rings (SSSR count).